The zero-order chi connectivity index (χ0) is 31.1. The zero-order valence-corrected chi connectivity index (χ0v) is 27.8. The summed E-state index contributed by atoms with van der Waals surface area (Å²) in [6.07, 6.45) is 3.04. The maximum absolute atomic E-state index is 13.2. The number of piperidine rings is 1. The predicted octanol–water partition coefficient (Wildman–Crippen LogP) is 7.61. The molecule has 1 unspecified atom stereocenters. The lowest BCUT2D eigenvalue weighted by Gasteiger charge is -2.45. The fourth-order valence-electron chi connectivity index (χ4n) is 3.86. The highest BCUT2D eigenvalue weighted by atomic mass is 35.5. The molecule has 3 rings (SSSR count). The van der Waals surface area contributed by atoms with E-state index < -0.39 is 15.3 Å². The van der Waals surface area contributed by atoms with Gasteiger partial charge in [-0.05, 0) is 62.4 Å². The third-order valence-electron chi connectivity index (χ3n) is 6.36. The first-order valence-corrected chi connectivity index (χ1v) is 16.5. The molecule has 1 saturated heterocycles. The average Bonchev–Trinajstić information content (AvgIpc) is 2.89. The van der Waals surface area contributed by atoms with Gasteiger partial charge >= 0.3 is 0 Å². The summed E-state index contributed by atoms with van der Waals surface area (Å²) in [5.41, 5.74) is 0.480. The molecule has 0 bridgehead atoms. The number of rotatable bonds is 6. The Morgan fingerprint density at radius 2 is 1.48 bits per heavy atom. The van der Waals surface area contributed by atoms with Crippen molar-refractivity contribution < 1.29 is 18.0 Å². The number of likely N-dealkylation sites (tertiary alicyclic amines) is 1. The summed E-state index contributed by atoms with van der Waals surface area (Å²) in [4.78, 5) is 27.0. The molecule has 1 aliphatic rings. The minimum atomic E-state index is -2.74. The molecule has 0 aromatic heterocycles. The van der Waals surface area contributed by atoms with Crippen molar-refractivity contribution in [3.8, 4) is 0 Å². The van der Waals surface area contributed by atoms with E-state index in [0.717, 1.165) is 17.0 Å². The maximum Gasteiger partial charge on any atom is 0.229 e. The molecular weight excluding hydrogens is 567 g/mol. The summed E-state index contributed by atoms with van der Waals surface area (Å²) in [7, 11) is -1.13. The molecule has 0 radical (unpaired) electrons. The van der Waals surface area contributed by atoms with Crippen LogP contribution in [0.4, 0.5) is 0 Å². The molecule has 0 spiro atoms. The van der Waals surface area contributed by atoms with Crippen molar-refractivity contribution >= 4 is 44.9 Å². The van der Waals surface area contributed by atoms with Crippen LogP contribution in [0.3, 0.4) is 0 Å². The summed E-state index contributed by atoms with van der Waals surface area (Å²) >= 11 is 11.5. The van der Waals surface area contributed by atoms with Crippen LogP contribution < -0.4 is 5.32 Å². The number of hydrogen-bond acceptors (Lipinski definition) is 4. The van der Waals surface area contributed by atoms with Gasteiger partial charge in [0.2, 0.25) is 11.8 Å². The van der Waals surface area contributed by atoms with Crippen LogP contribution in [0.25, 0.3) is 0 Å². The molecular formula is C31H48Cl2N2O4S. The van der Waals surface area contributed by atoms with Gasteiger partial charge in [-0.3, -0.25) is 9.59 Å². The van der Waals surface area contributed by atoms with Gasteiger partial charge in [-0.1, -0.05) is 88.2 Å². The molecule has 1 aliphatic heterocycles. The Labute approximate surface area is 252 Å². The lowest BCUT2D eigenvalue weighted by atomic mass is 9.74. The van der Waals surface area contributed by atoms with E-state index in [2.05, 4.69) is 19.2 Å². The molecule has 226 valence electrons. The minimum absolute atomic E-state index is 0.0509. The average molecular weight is 616 g/mol. The number of amides is 2. The van der Waals surface area contributed by atoms with Crippen LogP contribution >= 0.6 is 23.2 Å². The second-order valence-corrected chi connectivity index (χ2v) is 14.0. The third-order valence-corrected chi connectivity index (χ3v) is 8.58. The van der Waals surface area contributed by atoms with Crippen LogP contribution in [-0.2, 0) is 19.4 Å². The van der Waals surface area contributed by atoms with Gasteiger partial charge in [0.15, 0.2) is 0 Å². The highest BCUT2D eigenvalue weighted by Gasteiger charge is 2.45. The summed E-state index contributed by atoms with van der Waals surface area (Å²) in [6.45, 7) is 14.1. The van der Waals surface area contributed by atoms with Gasteiger partial charge in [0.1, 0.15) is 9.84 Å². The maximum atomic E-state index is 13.2. The Morgan fingerprint density at radius 3 is 1.85 bits per heavy atom. The molecule has 40 heavy (non-hydrogen) atoms. The fourth-order valence-corrected chi connectivity index (χ4v) is 4.13. The van der Waals surface area contributed by atoms with Crippen LogP contribution in [-0.4, -0.2) is 50.2 Å². The van der Waals surface area contributed by atoms with Crippen molar-refractivity contribution in [2.24, 2.45) is 11.3 Å². The van der Waals surface area contributed by atoms with Crippen LogP contribution in [0.2, 0.25) is 10.0 Å². The van der Waals surface area contributed by atoms with E-state index in [1.807, 2.05) is 80.3 Å². The van der Waals surface area contributed by atoms with E-state index in [1.54, 1.807) is 20.9 Å². The van der Waals surface area contributed by atoms with Crippen molar-refractivity contribution in [3.63, 3.8) is 0 Å². The van der Waals surface area contributed by atoms with Crippen molar-refractivity contribution in [3.05, 3.63) is 70.2 Å². The second kappa shape index (κ2) is 18.4. The summed E-state index contributed by atoms with van der Waals surface area (Å²) in [6, 6.07) is 17.2. The van der Waals surface area contributed by atoms with Crippen molar-refractivity contribution in [1.29, 1.82) is 0 Å². The number of carbonyl (C=O) groups excluding carboxylic acids is 2. The molecule has 9 heteroatoms. The highest BCUT2D eigenvalue weighted by molar-refractivity contribution is 7.91. The Kier molecular flexibility index (Phi) is 17.4. The number of nitrogens with one attached hydrogen (secondary N) is 1. The van der Waals surface area contributed by atoms with Crippen molar-refractivity contribution in [1.82, 2.24) is 10.2 Å². The van der Waals surface area contributed by atoms with Crippen LogP contribution in [0, 0.1) is 11.3 Å². The number of sulfone groups is 1. The summed E-state index contributed by atoms with van der Waals surface area (Å²) < 4.78 is 20.7. The number of halogens is 2. The SMILES string of the molecule is CC.CC(C)S(C)(=O)=O.CNC(=O)C[C@@]1(C)CCC(c2ccc(Cl)cc2)N(CC(C)C)C1=O.Clc1ccccc1. The number of hydrogen-bond donors (Lipinski definition) is 1. The van der Waals surface area contributed by atoms with Gasteiger partial charge in [-0.2, -0.15) is 0 Å². The monoisotopic (exact) mass is 614 g/mol. The Hall–Kier alpha value is -2.09. The first-order chi connectivity index (χ1) is 18.6. The Bertz CT molecular complexity index is 1120. The highest BCUT2D eigenvalue weighted by Crippen LogP contribution is 2.43. The molecule has 0 saturated carbocycles. The lowest BCUT2D eigenvalue weighted by molar-refractivity contribution is -0.153. The standard InChI is InChI=1S/C19H27ClN2O2.C6H5Cl.C4H10O2S.C2H6/c1-13(2)12-22-16(14-5-7-15(20)8-6-14)9-10-19(3,18(22)24)11-17(23)21-4;7-6-4-2-1-3-5-6;1-4(2)7(3,5)6;1-2/h5-8,13,16H,9-12H2,1-4H3,(H,21,23);1-5H;4H,1-3H3;1-2H3/t16?,19-;;;/m1.../s1. The number of nitrogens with zero attached hydrogens (tertiary/aromatic N) is 1. The third kappa shape index (κ3) is 13.5. The topological polar surface area (TPSA) is 83.6 Å². The van der Waals surface area contributed by atoms with Crippen LogP contribution in [0.1, 0.15) is 79.3 Å². The van der Waals surface area contributed by atoms with E-state index in [4.69, 9.17) is 23.2 Å². The van der Waals surface area contributed by atoms with Gasteiger partial charge in [0, 0.05) is 36.3 Å². The fraction of sp³-hybridized carbons (Fsp3) is 0.548. The molecule has 1 heterocycles. The summed E-state index contributed by atoms with van der Waals surface area (Å²) in [5.74, 6) is 0.359. The first-order valence-electron chi connectivity index (χ1n) is 13.8. The Balaban J connectivity index is 0.000000773. The molecule has 2 aromatic rings. The second-order valence-electron chi connectivity index (χ2n) is 10.5. The minimum Gasteiger partial charge on any atom is -0.359 e. The van der Waals surface area contributed by atoms with Crippen molar-refractivity contribution in [2.75, 3.05) is 19.8 Å². The van der Waals surface area contributed by atoms with Crippen molar-refractivity contribution in [2.45, 2.75) is 79.0 Å². The Morgan fingerprint density at radius 1 is 1.00 bits per heavy atom. The first kappa shape index (κ1) is 37.9. The number of benzene rings is 2. The van der Waals surface area contributed by atoms with E-state index >= 15 is 0 Å². The predicted molar refractivity (Wildman–Crippen MR) is 170 cm³/mol. The molecule has 2 atom stereocenters. The van der Waals surface area contributed by atoms with Crippen LogP contribution in [0.15, 0.2) is 54.6 Å². The van der Waals surface area contributed by atoms with E-state index in [-0.39, 0.29) is 29.5 Å². The lowest BCUT2D eigenvalue weighted by Crippen LogP contribution is -2.51. The van der Waals surface area contributed by atoms with E-state index in [0.29, 0.717) is 23.9 Å². The van der Waals surface area contributed by atoms with Gasteiger partial charge in [0.05, 0.1) is 16.7 Å². The summed E-state index contributed by atoms with van der Waals surface area (Å²) in [5, 5.41) is 3.90. The van der Waals surface area contributed by atoms with Gasteiger partial charge < -0.3 is 10.2 Å². The molecule has 0 aliphatic carbocycles. The van der Waals surface area contributed by atoms with Crippen LogP contribution in [0.5, 0.6) is 0 Å². The normalized spacial score (nSPS) is 18.5. The zero-order valence-electron chi connectivity index (χ0n) is 25.5. The largest absolute Gasteiger partial charge is 0.359 e. The molecule has 1 fully saturated rings. The smallest absolute Gasteiger partial charge is 0.229 e. The number of carbonyl (C=O) groups is 2. The molecule has 6 nitrogen and oxygen atoms in total. The van der Waals surface area contributed by atoms with Gasteiger partial charge in [-0.15, -0.1) is 0 Å². The molecule has 2 aromatic carbocycles. The van der Waals surface area contributed by atoms with E-state index in [1.165, 1.54) is 6.26 Å². The molecule has 2 amide bonds. The van der Waals surface area contributed by atoms with E-state index in [9.17, 15) is 18.0 Å². The molecule has 1 N–H and O–H groups in total. The quantitative estimate of drug-likeness (QED) is 0.363. The van der Waals surface area contributed by atoms with Gasteiger partial charge in [0.25, 0.3) is 0 Å². The van der Waals surface area contributed by atoms with Gasteiger partial charge in [-0.25, -0.2) is 8.42 Å².